The van der Waals surface area contributed by atoms with Crippen LogP contribution in [-0.2, 0) is 4.79 Å². The maximum atomic E-state index is 9.73. The van der Waals surface area contributed by atoms with Gasteiger partial charge in [0, 0.05) is 0 Å². The van der Waals surface area contributed by atoms with Crippen molar-refractivity contribution in [3.63, 3.8) is 0 Å². The Labute approximate surface area is 57.3 Å². The Bertz CT molecular complexity index is 241. The van der Waals surface area contributed by atoms with E-state index in [-0.39, 0.29) is 17.8 Å². The fourth-order valence-electron chi connectivity index (χ4n) is 0.285. The van der Waals surface area contributed by atoms with E-state index < -0.39 is 0 Å². The van der Waals surface area contributed by atoms with Gasteiger partial charge in [-0.05, 0) is 0 Å². The first-order valence-electron chi connectivity index (χ1n) is 2.26. The number of carbonyl (C=O) groups excluding carboxylic acids is 1. The highest BCUT2D eigenvalue weighted by Gasteiger charge is 1.97. The summed E-state index contributed by atoms with van der Waals surface area (Å²) >= 11 is 0. The first kappa shape index (κ1) is 7.99. The molecule has 0 aliphatic rings. The molecule has 5 heteroatoms. The van der Waals surface area contributed by atoms with E-state index in [0.717, 1.165) is 0 Å². The topological polar surface area (TPSA) is 103 Å². The Morgan fingerprint density at radius 1 is 1.50 bits per heavy atom. The largest absolute Gasteiger partial charge is 0.388 e. The molecule has 0 atom stereocenters. The molecule has 0 aromatic carbocycles. The molecular weight excluding hydrogens is 132 g/mol. The first-order valence-corrected chi connectivity index (χ1v) is 2.26. The van der Waals surface area contributed by atoms with E-state index in [4.69, 9.17) is 16.3 Å². The third-order valence-electron chi connectivity index (χ3n) is 0.705. The maximum Gasteiger partial charge on any atom is 0.212 e. The molecular formula is C5H4N4O. The summed E-state index contributed by atoms with van der Waals surface area (Å²) < 4.78 is 0. The molecule has 0 saturated carbocycles. The molecule has 0 spiro atoms. The van der Waals surface area contributed by atoms with E-state index in [0.29, 0.717) is 0 Å². The minimum Gasteiger partial charge on any atom is -0.388 e. The minimum absolute atomic E-state index is 0.225. The van der Waals surface area contributed by atoms with Gasteiger partial charge in [0.05, 0.1) is 0 Å². The fraction of sp³-hybridized carbons (Fsp3) is 0. The van der Waals surface area contributed by atoms with Crippen LogP contribution in [-0.4, -0.2) is 6.41 Å². The summed E-state index contributed by atoms with van der Waals surface area (Å²) in [5.74, 6) is 0. The van der Waals surface area contributed by atoms with E-state index in [1.165, 1.54) is 6.07 Å². The van der Waals surface area contributed by atoms with Gasteiger partial charge in [-0.25, -0.2) is 0 Å². The Morgan fingerprint density at radius 2 is 2.10 bits per heavy atom. The van der Waals surface area contributed by atoms with Gasteiger partial charge in [0.2, 0.25) is 6.41 Å². The van der Waals surface area contributed by atoms with Crippen molar-refractivity contribution >= 4 is 6.41 Å². The van der Waals surface area contributed by atoms with Gasteiger partial charge in [-0.1, -0.05) is 0 Å². The van der Waals surface area contributed by atoms with Gasteiger partial charge < -0.3 is 11.1 Å². The molecule has 0 saturated heterocycles. The smallest absolute Gasteiger partial charge is 0.212 e. The Kier molecular flexibility index (Phi) is 3.14. The number of allylic oxidation sites excluding steroid dienone is 2. The number of rotatable bonds is 2. The van der Waals surface area contributed by atoms with Crippen molar-refractivity contribution in [2.24, 2.45) is 5.73 Å². The van der Waals surface area contributed by atoms with Crippen molar-refractivity contribution in [3.05, 3.63) is 11.4 Å². The molecule has 0 aromatic heterocycles. The van der Waals surface area contributed by atoms with Gasteiger partial charge in [-0.15, -0.1) is 0 Å². The molecule has 10 heavy (non-hydrogen) atoms. The second-order valence-corrected chi connectivity index (χ2v) is 1.27. The molecule has 0 bridgehead atoms. The highest BCUT2D eigenvalue weighted by Crippen LogP contribution is 1.88. The summed E-state index contributed by atoms with van der Waals surface area (Å²) in [6, 6.07) is 3.06. The van der Waals surface area contributed by atoms with Crippen LogP contribution in [0.5, 0.6) is 0 Å². The van der Waals surface area contributed by atoms with Crippen molar-refractivity contribution in [3.8, 4) is 12.1 Å². The summed E-state index contributed by atoms with van der Waals surface area (Å²) in [6.07, 6.45) is 0.281. The SMILES string of the molecule is N#C/C(N)=C(/C#N)NC=O. The zero-order valence-electron chi connectivity index (χ0n) is 4.96. The molecule has 3 N–H and O–H groups in total. The highest BCUT2D eigenvalue weighted by molar-refractivity contribution is 5.54. The molecule has 0 aromatic rings. The molecule has 1 amide bonds. The average Bonchev–Trinajstić information content (AvgIpc) is 1.99. The van der Waals surface area contributed by atoms with Gasteiger partial charge in [0.25, 0.3) is 0 Å². The van der Waals surface area contributed by atoms with Crippen LogP contribution in [0.4, 0.5) is 0 Å². The first-order chi connectivity index (χ1) is 4.76. The normalized spacial score (nSPS) is 10.2. The van der Waals surface area contributed by atoms with Crippen molar-refractivity contribution in [2.45, 2.75) is 0 Å². The molecule has 0 fully saturated rings. The van der Waals surface area contributed by atoms with E-state index >= 15 is 0 Å². The van der Waals surface area contributed by atoms with E-state index in [1.54, 1.807) is 6.07 Å². The number of nitrogens with zero attached hydrogens (tertiary/aromatic N) is 2. The summed E-state index contributed by atoms with van der Waals surface area (Å²) in [6.45, 7) is 0. The predicted octanol–water partition coefficient (Wildman–Crippen LogP) is -1.05. The lowest BCUT2D eigenvalue weighted by Crippen LogP contribution is -2.14. The van der Waals surface area contributed by atoms with Gasteiger partial charge in [0.15, 0.2) is 5.70 Å². The second kappa shape index (κ2) is 3.93. The molecule has 0 aliphatic heterocycles. The third-order valence-corrected chi connectivity index (χ3v) is 0.705. The number of nitriles is 2. The van der Waals surface area contributed by atoms with Crippen LogP contribution >= 0.6 is 0 Å². The van der Waals surface area contributed by atoms with Crippen LogP contribution in [0.15, 0.2) is 11.4 Å². The maximum absolute atomic E-state index is 9.73. The molecule has 5 nitrogen and oxygen atoms in total. The van der Waals surface area contributed by atoms with E-state index in [9.17, 15) is 4.79 Å². The number of hydrogen-bond acceptors (Lipinski definition) is 4. The zero-order valence-corrected chi connectivity index (χ0v) is 4.96. The van der Waals surface area contributed by atoms with Crippen LogP contribution in [0.3, 0.4) is 0 Å². The molecule has 0 radical (unpaired) electrons. The number of hydrogen-bond donors (Lipinski definition) is 2. The highest BCUT2D eigenvalue weighted by atomic mass is 16.1. The van der Waals surface area contributed by atoms with Crippen LogP contribution in [0.1, 0.15) is 0 Å². The standard InChI is InChI=1S/C5H4N4O/c6-1-4(8)5(2-7)9-3-10/h3H,8H2,(H,9,10)/b5-4+. The molecule has 50 valence electrons. The summed E-state index contributed by atoms with van der Waals surface area (Å²) in [4.78, 5) is 9.73. The Balaban J connectivity index is 4.53. The average molecular weight is 136 g/mol. The monoisotopic (exact) mass is 136 g/mol. The zero-order chi connectivity index (χ0) is 7.98. The van der Waals surface area contributed by atoms with Gasteiger partial charge >= 0.3 is 0 Å². The molecule has 0 unspecified atom stereocenters. The summed E-state index contributed by atoms with van der Waals surface area (Å²) in [5.41, 5.74) is 4.47. The summed E-state index contributed by atoms with van der Waals surface area (Å²) in [5, 5.41) is 18.3. The van der Waals surface area contributed by atoms with E-state index in [1.807, 2.05) is 5.32 Å². The Morgan fingerprint density at radius 3 is 2.40 bits per heavy atom. The van der Waals surface area contributed by atoms with Crippen LogP contribution in [0, 0.1) is 22.7 Å². The van der Waals surface area contributed by atoms with Gasteiger partial charge in [-0.3, -0.25) is 4.79 Å². The van der Waals surface area contributed by atoms with Gasteiger partial charge in [-0.2, -0.15) is 10.5 Å². The minimum atomic E-state index is -0.297. The van der Waals surface area contributed by atoms with Crippen LogP contribution in [0.2, 0.25) is 0 Å². The lowest BCUT2D eigenvalue weighted by molar-refractivity contribution is -0.108. The number of carbonyl (C=O) groups is 1. The predicted molar refractivity (Wildman–Crippen MR) is 31.6 cm³/mol. The summed E-state index contributed by atoms with van der Waals surface area (Å²) in [7, 11) is 0. The van der Waals surface area contributed by atoms with Crippen molar-refractivity contribution in [1.82, 2.24) is 5.32 Å². The molecule has 0 heterocycles. The van der Waals surface area contributed by atoms with Crippen molar-refractivity contribution in [2.75, 3.05) is 0 Å². The molecule has 0 aliphatic carbocycles. The number of amides is 1. The number of nitrogens with one attached hydrogen (secondary N) is 1. The van der Waals surface area contributed by atoms with Crippen molar-refractivity contribution < 1.29 is 4.79 Å². The van der Waals surface area contributed by atoms with E-state index in [2.05, 4.69) is 0 Å². The lowest BCUT2D eigenvalue weighted by Gasteiger charge is -1.92. The quantitative estimate of drug-likeness (QED) is 0.373. The van der Waals surface area contributed by atoms with Crippen LogP contribution < -0.4 is 11.1 Å². The van der Waals surface area contributed by atoms with Gasteiger partial charge in [0.1, 0.15) is 17.8 Å². The fourth-order valence-corrected chi connectivity index (χ4v) is 0.285. The Hall–Kier alpha value is -2.01. The third kappa shape index (κ3) is 1.85. The lowest BCUT2D eigenvalue weighted by atomic mass is 10.4. The second-order valence-electron chi connectivity index (χ2n) is 1.27. The van der Waals surface area contributed by atoms with Crippen molar-refractivity contribution in [1.29, 1.82) is 10.5 Å². The molecule has 0 rings (SSSR count). The number of nitrogens with two attached hydrogens (primary N) is 1. The van der Waals surface area contributed by atoms with Crippen LogP contribution in [0.25, 0.3) is 0 Å².